The molecule has 2 heterocycles. The number of carbonyl (C=O) groups is 1. The third-order valence-electron chi connectivity index (χ3n) is 5.56. The Morgan fingerprint density at radius 1 is 1.14 bits per heavy atom. The van der Waals surface area contributed by atoms with Crippen molar-refractivity contribution in [3.05, 3.63) is 48.3 Å². The molecule has 2 fully saturated rings. The van der Waals surface area contributed by atoms with Gasteiger partial charge in [0.2, 0.25) is 5.91 Å². The number of aromatic nitrogens is 2. The van der Waals surface area contributed by atoms with Crippen molar-refractivity contribution in [3.63, 3.8) is 0 Å². The van der Waals surface area contributed by atoms with Crippen molar-refractivity contribution >= 4 is 22.6 Å². The van der Waals surface area contributed by atoms with Crippen LogP contribution in [0.25, 0.3) is 22.3 Å². The predicted molar refractivity (Wildman–Crippen MR) is 108 cm³/mol. The summed E-state index contributed by atoms with van der Waals surface area (Å²) in [7, 11) is 0. The minimum absolute atomic E-state index is 0.0512. The van der Waals surface area contributed by atoms with Gasteiger partial charge in [0.1, 0.15) is 17.4 Å². The first-order chi connectivity index (χ1) is 14.1. The van der Waals surface area contributed by atoms with E-state index in [-0.39, 0.29) is 29.4 Å². The van der Waals surface area contributed by atoms with E-state index in [0.717, 1.165) is 19.3 Å². The van der Waals surface area contributed by atoms with Crippen LogP contribution in [0.1, 0.15) is 19.3 Å². The van der Waals surface area contributed by atoms with Crippen LogP contribution in [0, 0.1) is 11.7 Å². The molecule has 1 amide bonds. The largest absolute Gasteiger partial charge is 0.507 e. The molecule has 29 heavy (non-hydrogen) atoms. The molecule has 1 aliphatic heterocycles. The molecular weight excluding hydrogens is 371 g/mol. The molecule has 7 heteroatoms. The SMILES string of the molecule is O=C(NC1CCN(c2nc(-c3ccccc3O)nc3ccc(F)cc23)C1)C1CC1. The number of phenolic OH excluding ortho intramolecular Hbond substituents is 1. The first-order valence-electron chi connectivity index (χ1n) is 9.89. The monoisotopic (exact) mass is 392 g/mol. The highest BCUT2D eigenvalue weighted by Gasteiger charge is 2.33. The number of nitrogens with zero attached hydrogens (tertiary/aromatic N) is 3. The van der Waals surface area contributed by atoms with Crippen LogP contribution in [-0.2, 0) is 4.79 Å². The van der Waals surface area contributed by atoms with Gasteiger partial charge in [0, 0.05) is 30.4 Å². The van der Waals surface area contributed by atoms with Gasteiger partial charge in [-0.3, -0.25) is 4.79 Å². The Morgan fingerprint density at radius 3 is 2.76 bits per heavy atom. The van der Waals surface area contributed by atoms with Gasteiger partial charge in [-0.15, -0.1) is 0 Å². The van der Waals surface area contributed by atoms with Gasteiger partial charge in [-0.1, -0.05) is 12.1 Å². The quantitative estimate of drug-likeness (QED) is 0.713. The first-order valence-corrected chi connectivity index (χ1v) is 9.89. The summed E-state index contributed by atoms with van der Waals surface area (Å²) in [4.78, 5) is 23.4. The van der Waals surface area contributed by atoms with Crippen LogP contribution < -0.4 is 10.2 Å². The highest BCUT2D eigenvalue weighted by Crippen LogP contribution is 2.33. The van der Waals surface area contributed by atoms with Gasteiger partial charge in [0.25, 0.3) is 0 Å². The van der Waals surface area contributed by atoms with Gasteiger partial charge in [0.05, 0.1) is 11.1 Å². The minimum atomic E-state index is -0.351. The van der Waals surface area contributed by atoms with Crippen LogP contribution >= 0.6 is 0 Å². The van der Waals surface area contributed by atoms with Crippen LogP contribution in [0.3, 0.4) is 0 Å². The average Bonchev–Trinajstić information content (AvgIpc) is 3.47. The smallest absolute Gasteiger partial charge is 0.223 e. The molecule has 1 atom stereocenters. The Balaban J connectivity index is 1.52. The predicted octanol–water partition coefficient (Wildman–Crippen LogP) is 3.25. The second kappa shape index (κ2) is 6.99. The Hall–Kier alpha value is -3.22. The van der Waals surface area contributed by atoms with E-state index < -0.39 is 0 Å². The normalized spacial score (nSPS) is 18.9. The maximum Gasteiger partial charge on any atom is 0.223 e. The van der Waals surface area contributed by atoms with Gasteiger partial charge in [-0.05, 0) is 49.6 Å². The fourth-order valence-electron chi connectivity index (χ4n) is 3.84. The number of para-hydroxylation sites is 1. The summed E-state index contributed by atoms with van der Waals surface area (Å²) >= 11 is 0. The highest BCUT2D eigenvalue weighted by atomic mass is 19.1. The molecule has 3 aromatic rings. The molecule has 0 bridgehead atoms. The number of hydrogen-bond acceptors (Lipinski definition) is 5. The Labute approximate surface area is 167 Å². The molecule has 2 aliphatic rings. The summed E-state index contributed by atoms with van der Waals surface area (Å²) < 4.78 is 14.0. The average molecular weight is 392 g/mol. The summed E-state index contributed by atoms with van der Waals surface area (Å²) in [5.41, 5.74) is 1.14. The number of rotatable bonds is 4. The van der Waals surface area contributed by atoms with E-state index in [1.807, 2.05) is 6.07 Å². The summed E-state index contributed by atoms with van der Waals surface area (Å²) in [5.74, 6) is 1.06. The Morgan fingerprint density at radius 2 is 1.97 bits per heavy atom. The molecule has 6 nitrogen and oxygen atoms in total. The summed E-state index contributed by atoms with van der Waals surface area (Å²) in [6.45, 7) is 1.32. The van der Waals surface area contributed by atoms with Gasteiger partial charge in [-0.25, -0.2) is 14.4 Å². The van der Waals surface area contributed by atoms with Gasteiger partial charge in [0.15, 0.2) is 5.82 Å². The van der Waals surface area contributed by atoms with Crippen LogP contribution in [-0.4, -0.2) is 40.1 Å². The van der Waals surface area contributed by atoms with Crippen molar-refractivity contribution in [1.29, 1.82) is 0 Å². The van der Waals surface area contributed by atoms with E-state index >= 15 is 0 Å². The lowest BCUT2D eigenvalue weighted by Crippen LogP contribution is -2.38. The zero-order valence-corrected chi connectivity index (χ0v) is 15.8. The van der Waals surface area contributed by atoms with Crippen LogP contribution in [0.5, 0.6) is 5.75 Å². The summed E-state index contributed by atoms with van der Waals surface area (Å²) in [6.07, 6.45) is 2.76. The molecule has 5 rings (SSSR count). The second-order valence-corrected chi connectivity index (χ2v) is 7.76. The number of anilines is 1. The number of nitrogens with one attached hydrogen (secondary N) is 1. The molecule has 1 saturated carbocycles. The number of halogens is 1. The molecule has 1 aliphatic carbocycles. The number of carbonyl (C=O) groups excluding carboxylic acids is 1. The molecule has 148 valence electrons. The third-order valence-corrected chi connectivity index (χ3v) is 5.56. The first kappa shape index (κ1) is 17.8. The van der Waals surface area contributed by atoms with E-state index in [9.17, 15) is 14.3 Å². The summed E-state index contributed by atoms with van der Waals surface area (Å²) in [6, 6.07) is 11.4. The lowest BCUT2D eigenvalue weighted by atomic mass is 10.1. The fourth-order valence-corrected chi connectivity index (χ4v) is 3.84. The van der Waals surface area contributed by atoms with Crippen molar-refractivity contribution in [1.82, 2.24) is 15.3 Å². The number of amides is 1. The van der Waals surface area contributed by atoms with Crippen LogP contribution in [0.2, 0.25) is 0 Å². The molecule has 1 saturated heterocycles. The maximum atomic E-state index is 14.0. The standard InChI is InChI=1S/C22H21FN4O2/c23-14-7-8-18-17(11-14)21(26-20(25-18)16-3-1-2-4-19(16)28)27-10-9-15(12-27)24-22(29)13-5-6-13/h1-4,7-8,11,13,15,28H,5-6,9-10,12H2,(H,24,29). The van der Waals surface area contributed by atoms with Crippen molar-refractivity contribution in [2.45, 2.75) is 25.3 Å². The second-order valence-electron chi connectivity index (χ2n) is 7.76. The van der Waals surface area contributed by atoms with Crippen molar-refractivity contribution in [2.24, 2.45) is 5.92 Å². The Kier molecular flexibility index (Phi) is 4.30. The number of aromatic hydroxyl groups is 1. The van der Waals surface area contributed by atoms with Gasteiger partial charge in [-0.2, -0.15) is 0 Å². The number of fused-ring (bicyclic) bond motifs is 1. The van der Waals surface area contributed by atoms with E-state index in [1.165, 1.54) is 12.1 Å². The number of phenols is 1. The lowest BCUT2D eigenvalue weighted by molar-refractivity contribution is -0.122. The molecule has 0 spiro atoms. The third kappa shape index (κ3) is 3.48. The maximum absolute atomic E-state index is 14.0. The van der Waals surface area contributed by atoms with Crippen molar-refractivity contribution in [2.75, 3.05) is 18.0 Å². The molecule has 2 N–H and O–H groups in total. The highest BCUT2D eigenvalue weighted by molar-refractivity contribution is 5.91. The van der Waals surface area contributed by atoms with Crippen LogP contribution in [0.15, 0.2) is 42.5 Å². The minimum Gasteiger partial charge on any atom is -0.507 e. The molecule has 1 aromatic heterocycles. The fraction of sp³-hybridized carbons (Fsp3) is 0.318. The molecule has 2 aromatic carbocycles. The number of hydrogen-bond donors (Lipinski definition) is 2. The topological polar surface area (TPSA) is 78.4 Å². The molecule has 1 unspecified atom stereocenters. The lowest BCUT2D eigenvalue weighted by Gasteiger charge is -2.21. The van der Waals surface area contributed by atoms with E-state index in [1.54, 1.807) is 24.3 Å². The zero-order chi connectivity index (χ0) is 20.0. The van der Waals surface area contributed by atoms with Crippen molar-refractivity contribution in [3.8, 4) is 17.1 Å². The van der Waals surface area contributed by atoms with E-state index in [0.29, 0.717) is 41.2 Å². The number of benzene rings is 2. The van der Waals surface area contributed by atoms with E-state index in [4.69, 9.17) is 4.98 Å². The van der Waals surface area contributed by atoms with Crippen LogP contribution in [0.4, 0.5) is 10.2 Å². The van der Waals surface area contributed by atoms with Crippen molar-refractivity contribution < 1.29 is 14.3 Å². The zero-order valence-electron chi connectivity index (χ0n) is 15.8. The van der Waals surface area contributed by atoms with E-state index in [2.05, 4.69) is 15.2 Å². The summed E-state index contributed by atoms with van der Waals surface area (Å²) in [5, 5.41) is 14.0. The molecule has 0 radical (unpaired) electrons. The van der Waals surface area contributed by atoms with Gasteiger partial charge >= 0.3 is 0 Å². The Bertz CT molecular complexity index is 1100. The van der Waals surface area contributed by atoms with Gasteiger partial charge < -0.3 is 15.3 Å². The molecular formula is C22H21FN4O2.